The summed E-state index contributed by atoms with van der Waals surface area (Å²) in [5, 5.41) is 0. The van der Waals surface area contributed by atoms with Crippen molar-refractivity contribution in [3.8, 4) is 11.3 Å². The Morgan fingerprint density at radius 2 is 1.95 bits per heavy atom. The molecule has 2 heterocycles. The minimum atomic E-state index is 0.0530. The number of rotatable bonds is 4. The highest BCUT2D eigenvalue weighted by atomic mass is 16.5. The molecule has 0 amide bonds. The van der Waals surface area contributed by atoms with Crippen LogP contribution in [0.4, 0.5) is 11.8 Å². The van der Waals surface area contributed by atoms with Crippen molar-refractivity contribution in [2.45, 2.75) is 25.9 Å². The van der Waals surface area contributed by atoms with E-state index in [4.69, 9.17) is 10.5 Å². The number of ether oxygens (including phenoxy) is 1. The first kappa shape index (κ1) is 14.8. The molecule has 0 spiro atoms. The Morgan fingerprint density at radius 1 is 1.18 bits per heavy atom. The van der Waals surface area contributed by atoms with Gasteiger partial charge in [-0.25, -0.2) is 4.98 Å². The number of nitrogens with zero attached hydrogens (tertiary/aromatic N) is 3. The molecule has 1 aromatic carbocycles. The average molecular weight is 298 g/mol. The van der Waals surface area contributed by atoms with Crippen LogP contribution in [0.1, 0.15) is 31.4 Å². The molecule has 1 atom stereocenters. The quantitative estimate of drug-likeness (QED) is 0.940. The van der Waals surface area contributed by atoms with Crippen LogP contribution in [-0.2, 0) is 4.74 Å². The average Bonchev–Trinajstić information content (AvgIpc) is 3.08. The Bertz CT molecular complexity index is 653. The summed E-state index contributed by atoms with van der Waals surface area (Å²) in [6.07, 6.45) is 2.47. The molecule has 5 nitrogen and oxygen atoms in total. The lowest BCUT2D eigenvalue weighted by molar-refractivity contribution is 0.119. The molecule has 0 saturated carbocycles. The Balaban J connectivity index is 1.97. The van der Waals surface area contributed by atoms with E-state index < -0.39 is 0 Å². The highest BCUT2D eigenvalue weighted by molar-refractivity contribution is 5.65. The van der Waals surface area contributed by atoms with Crippen LogP contribution in [0.25, 0.3) is 11.3 Å². The van der Waals surface area contributed by atoms with Crippen LogP contribution in [0.15, 0.2) is 30.3 Å². The van der Waals surface area contributed by atoms with E-state index in [9.17, 15) is 0 Å². The van der Waals surface area contributed by atoms with Gasteiger partial charge in [-0.1, -0.05) is 18.2 Å². The Morgan fingerprint density at radius 3 is 2.68 bits per heavy atom. The van der Waals surface area contributed by atoms with Gasteiger partial charge in [-0.05, 0) is 31.4 Å². The summed E-state index contributed by atoms with van der Waals surface area (Å²) in [5.74, 6) is 1.25. The van der Waals surface area contributed by atoms with E-state index >= 15 is 0 Å². The molecule has 0 radical (unpaired) electrons. The largest absolute Gasteiger partial charge is 0.377 e. The highest BCUT2D eigenvalue weighted by Crippen LogP contribution is 2.27. The first-order chi connectivity index (χ1) is 10.7. The van der Waals surface area contributed by atoms with Gasteiger partial charge in [0.05, 0.1) is 11.8 Å². The van der Waals surface area contributed by atoms with Gasteiger partial charge in [0.2, 0.25) is 5.95 Å². The van der Waals surface area contributed by atoms with Crippen molar-refractivity contribution < 1.29 is 4.74 Å². The number of methoxy groups -OCH3 is 1. The molecule has 2 N–H and O–H groups in total. The molecule has 5 heteroatoms. The molecule has 1 aliphatic rings. The molecule has 1 fully saturated rings. The Hall–Kier alpha value is -2.14. The molecule has 1 saturated heterocycles. The Kier molecular flexibility index (Phi) is 4.24. The van der Waals surface area contributed by atoms with Gasteiger partial charge in [-0.2, -0.15) is 4.98 Å². The van der Waals surface area contributed by atoms with E-state index in [1.165, 1.54) is 12.8 Å². The Labute approximate surface area is 131 Å². The van der Waals surface area contributed by atoms with Crippen molar-refractivity contribution in [2.75, 3.05) is 30.8 Å². The standard InChI is InChI=1S/C17H22N4O/c1-12(22-2)13-6-5-7-14(10-13)15-11-16(20-17(18)19-15)21-8-3-4-9-21/h5-7,10-12H,3-4,8-9H2,1-2H3,(H2,18,19,20)/t12-/m1/s1. The normalized spacial score (nSPS) is 16.0. The van der Waals surface area contributed by atoms with Crippen molar-refractivity contribution in [1.82, 2.24) is 9.97 Å². The van der Waals surface area contributed by atoms with Crippen LogP contribution in [-0.4, -0.2) is 30.2 Å². The number of benzene rings is 1. The lowest BCUT2D eigenvalue weighted by atomic mass is 10.0. The van der Waals surface area contributed by atoms with E-state index in [0.29, 0.717) is 5.95 Å². The molecule has 1 aliphatic heterocycles. The second-order valence-electron chi connectivity index (χ2n) is 5.67. The zero-order valence-electron chi connectivity index (χ0n) is 13.1. The maximum Gasteiger partial charge on any atom is 0.222 e. The van der Waals surface area contributed by atoms with Gasteiger partial charge in [0.1, 0.15) is 5.82 Å². The summed E-state index contributed by atoms with van der Waals surface area (Å²) in [6, 6.07) is 10.3. The fourth-order valence-electron chi connectivity index (χ4n) is 2.80. The lowest BCUT2D eigenvalue weighted by Crippen LogP contribution is -2.19. The summed E-state index contributed by atoms with van der Waals surface area (Å²) in [6.45, 7) is 4.11. The van der Waals surface area contributed by atoms with Crippen LogP contribution in [0, 0.1) is 0 Å². The van der Waals surface area contributed by atoms with Crippen LogP contribution < -0.4 is 10.6 Å². The van der Waals surface area contributed by atoms with E-state index in [1.807, 2.05) is 25.1 Å². The van der Waals surface area contributed by atoms with Gasteiger partial charge in [0, 0.05) is 31.8 Å². The fraction of sp³-hybridized carbons (Fsp3) is 0.412. The molecule has 1 aromatic heterocycles. The van der Waals surface area contributed by atoms with Crippen LogP contribution >= 0.6 is 0 Å². The second-order valence-corrected chi connectivity index (χ2v) is 5.67. The predicted molar refractivity (Wildman–Crippen MR) is 88.8 cm³/mol. The van der Waals surface area contributed by atoms with Crippen LogP contribution in [0.3, 0.4) is 0 Å². The molecule has 22 heavy (non-hydrogen) atoms. The van der Waals surface area contributed by atoms with E-state index in [1.54, 1.807) is 7.11 Å². The first-order valence-electron chi connectivity index (χ1n) is 7.70. The van der Waals surface area contributed by atoms with Gasteiger partial charge in [0.25, 0.3) is 0 Å². The zero-order valence-corrected chi connectivity index (χ0v) is 13.1. The van der Waals surface area contributed by atoms with Gasteiger partial charge >= 0.3 is 0 Å². The zero-order chi connectivity index (χ0) is 15.5. The number of aromatic nitrogens is 2. The SMILES string of the molecule is CO[C@H](C)c1cccc(-c2cc(N3CCCC3)nc(N)n2)c1. The first-order valence-corrected chi connectivity index (χ1v) is 7.70. The maximum absolute atomic E-state index is 5.91. The third kappa shape index (κ3) is 3.04. The van der Waals surface area contributed by atoms with Crippen molar-refractivity contribution in [2.24, 2.45) is 0 Å². The minimum absolute atomic E-state index is 0.0530. The second kappa shape index (κ2) is 6.32. The smallest absolute Gasteiger partial charge is 0.222 e. The van der Waals surface area contributed by atoms with Crippen molar-refractivity contribution in [3.05, 3.63) is 35.9 Å². The van der Waals surface area contributed by atoms with E-state index in [2.05, 4.69) is 27.0 Å². The number of nitrogen functional groups attached to an aromatic ring is 1. The van der Waals surface area contributed by atoms with Crippen molar-refractivity contribution in [1.29, 1.82) is 0 Å². The number of hydrogen-bond donors (Lipinski definition) is 1. The monoisotopic (exact) mass is 298 g/mol. The summed E-state index contributed by atoms with van der Waals surface area (Å²) in [5.41, 5.74) is 8.94. The van der Waals surface area contributed by atoms with Gasteiger partial charge in [-0.3, -0.25) is 0 Å². The van der Waals surface area contributed by atoms with Gasteiger partial charge in [-0.15, -0.1) is 0 Å². The molecule has 3 rings (SSSR count). The molecule has 0 aliphatic carbocycles. The maximum atomic E-state index is 5.91. The third-order valence-corrected chi connectivity index (χ3v) is 4.17. The molecule has 0 unspecified atom stereocenters. The molecular weight excluding hydrogens is 276 g/mol. The summed E-state index contributed by atoms with van der Waals surface area (Å²) in [7, 11) is 1.71. The molecular formula is C17H22N4O. The fourth-order valence-corrected chi connectivity index (χ4v) is 2.80. The van der Waals surface area contributed by atoms with Crippen molar-refractivity contribution in [3.63, 3.8) is 0 Å². The van der Waals surface area contributed by atoms with Crippen molar-refractivity contribution >= 4 is 11.8 Å². The van der Waals surface area contributed by atoms with Gasteiger partial charge in [0.15, 0.2) is 0 Å². The van der Waals surface area contributed by atoms with Gasteiger partial charge < -0.3 is 15.4 Å². The van der Waals surface area contributed by atoms with E-state index in [0.717, 1.165) is 35.7 Å². The van der Waals surface area contributed by atoms with E-state index in [-0.39, 0.29) is 6.10 Å². The highest BCUT2D eigenvalue weighted by Gasteiger charge is 2.16. The summed E-state index contributed by atoms with van der Waals surface area (Å²) >= 11 is 0. The molecule has 0 bridgehead atoms. The molecule has 2 aromatic rings. The van der Waals surface area contributed by atoms with Crippen LogP contribution in [0.2, 0.25) is 0 Å². The number of anilines is 2. The lowest BCUT2D eigenvalue weighted by Gasteiger charge is -2.17. The molecule has 116 valence electrons. The summed E-state index contributed by atoms with van der Waals surface area (Å²) in [4.78, 5) is 11.1. The predicted octanol–water partition coefficient (Wildman–Crippen LogP) is 3.03. The topological polar surface area (TPSA) is 64.3 Å². The van der Waals surface area contributed by atoms with Crippen LogP contribution in [0.5, 0.6) is 0 Å². The minimum Gasteiger partial charge on any atom is -0.377 e. The number of nitrogens with two attached hydrogens (primary N) is 1. The summed E-state index contributed by atoms with van der Waals surface area (Å²) < 4.78 is 5.39. The number of hydrogen-bond acceptors (Lipinski definition) is 5. The third-order valence-electron chi connectivity index (χ3n) is 4.17.